The predicted octanol–water partition coefficient (Wildman–Crippen LogP) is 9.57. The van der Waals surface area contributed by atoms with E-state index in [1.807, 2.05) is 42.5 Å². The van der Waals surface area contributed by atoms with Crippen molar-refractivity contribution in [2.24, 2.45) is 0 Å². The topological polar surface area (TPSA) is 25.8 Å². The molecule has 0 unspecified atom stereocenters. The molecule has 0 aliphatic rings. The summed E-state index contributed by atoms with van der Waals surface area (Å²) in [5.74, 6) is 0.716. The zero-order valence-corrected chi connectivity index (χ0v) is 21.6. The average Bonchev–Trinajstić information content (AvgIpc) is 2.98. The second kappa shape index (κ2) is 10.3. The van der Waals surface area contributed by atoms with Crippen LogP contribution < -0.4 is 0 Å². The van der Waals surface area contributed by atoms with Crippen LogP contribution in [-0.4, -0.2) is 9.97 Å². The van der Waals surface area contributed by atoms with Crippen LogP contribution >= 0.6 is 15.9 Å². The molecule has 0 aliphatic carbocycles. The van der Waals surface area contributed by atoms with Gasteiger partial charge in [-0.05, 0) is 46.5 Å². The Balaban J connectivity index is 1.40. The molecular weight excluding hydrogens is 516 g/mol. The fourth-order valence-electron chi connectivity index (χ4n) is 4.45. The fourth-order valence-corrected chi connectivity index (χ4v) is 4.85. The number of nitrogens with zero attached hydrogens (tertiary/aromatic N) is 2. The summed E-state index contributed by atoms with van der Waals surface area (Å²) in [6.45, 7) is 0. The summed E-state index contributed by atoms with van der Waals surface area (Å²) in [6, 6.07) is 48.1. The molecule has 0 saturated carbocycles. The quantitative estimate of drug-likeness (QED) is 0.218. The Kier molecular flexibility index (Phi) is 6.45. The van der Waals surface area contributed by atoms with E-state index in [1.165, 1.54) is 11.1 Å². The highest BCUT2D eigenvalue weighted by atomic mass is 79.9. The van der Waals surface area contributed by atoms with E-state index in [1.54, 1.807) is 0 Å². The van der Waals surface area contributed by atoms with Gasteiger partial charge in [0.1, 0.15) is 0 Å². The molecule has 0 atom stereocenters. The number of rotatable bonds is 5. The van der Waals surface area contributed by atoms with Gasteiger partial charge in [-0.15, -0.1) is 0 Å². The molecule has 0 saturated heterocycles. The van der Waals surface area contributed by atoms with E-state index in [4.69, 9.17) is 9.97 Å². The first-order valence-electron chi connectivity index (χ1n) is 12.2. The van der Waals surface area contributed by atoms with Crippen LogP contribution in [0.5, 0.6) is 0 Å². The Labute approximate surface area is 225 Å². The fraction of sp³-hybridized carbons (Fsp3) is 0. The Hall–Kier alpha value is -4.34. The SMILES string of the molecule is Brc1cccc(-c2ccc(-c3cccc(-c4nc(-c5ccccc5)cc(-c5ccccc5)n4)c3)cc2)c1. The van der Waals surface area contributed by atoms with E-state index in [0.717, 1.165) is 43.7 Å². The zero-order chi connectivity index (χ0) is 25.0. The maximum Gasteiger partial charge on any atom is 0.160 e. The van der Waals surface area contributed by atoms with Gasteiger partial charge in [0.05, 0.1) is 11.4 Å². The second-order valence-corrected chi connectivity index (χ2v) is 9.78. The van der Waals surface area contributed by atoms with E-state index < -0.39 is 0 Å². The molecule has 0 bridgehead atoms. The molecule has 0 fully saturated rings. The van der Waals surface area contributed by atoms with Gasteiger partial charge in [-0.2, -0.15) is 0 Å². The molecule has 2 nitrogen and oxygen atoms in total. The summed E-state index contributed by atoms with van der Waals surface area (Å²) in [5, 5.41) is 0. The van der Waals surface area contributed by atoms with Crippen LogP contribution in [0.2, 0.25) is 0 Å². The van der Waals surface area contributed by atoms with Crippen molar-refractivity contribution in [1.82, 2.24) is 9.97 Å². The first kappa shape index (κ1) is 23.1. The van der Waals surface area contributed by atoms with E-state index in [2.05, 4.69) is 113 Å². The number of aromatic nitrogens is 2. The minimum absolute atomic E-state index is 0.716. The lowest BCUT2D eigenvalue weighted by atomic mass is 9.99. The van der Waals surface area contributed by atoms with Crippen LogP contribution in [0.4, 0.5) is 0 Å². The molecular formula is C34H23BrN2. The molecule has 1 aromatic heterocycles. The van der Waals surface area contributed by atoms with Gasteiger partial charge in [-0.1, -0.05) is 131 Å². The maximum atomic E-state index is 4.98. The van der Waals surface area contributed by atoms with Crippen molar-refractivity contribution in [2.75, 3.05) is 0 Å². The lowest BCUT2D eigenvalue weighted by molar-refractivity contribution is 1.18. The molecule has 6 rings (SSSR count). The smallest absolute Gasteiger partial charge is 0.160 e. The number of hydrogen-bond donors (Lipinski definition) is 0. The van der Waals surface area contributed by atoms with Crippen molar-refractivity contribution in [3.05, 3.63) is 144 Å². The number of halogens is 1. The van der Waals surface area contributed by atoms with E-state index in [-0.39, 0.29) is 0 Å². The minimum Gasteiger partial charge on any atom is -0.228 e. The number of hydrogen-bond acceptors (Lipinski definition) is 2. The van der Waals surface area contributed by atoms with Crippen LogP contribution in [0.15, 0.2) is 144 Å². The summed E-state index contributed by atoms with van der Waals surface area (Å²) >= 11 is 3.57. The van der Waals surface area contributed by atoms with Crippen LogP contribution in [0.1, 0.15) is 0 Å². The first-order chi connectivity index (χ1) is 18.2. The van der Waals surface area contributed by atoms with Crippen LogP contribution in [0.25, 0.3) is 56.2 Å². The molecule has 37 heavy (non-hydrogen) atoms. The Morgan fingerprint density at radius 1 is 0.351 bits per heavy atom. The third-order valence-electron chi connectivity index (χ3n) is 6.36. The van der Waals surface area contributed by atoms with Gasteiger partial charge in [0.2, 0.25) is 0 Å². The third-order valence-corrected chi connectivity index (χ3v) is 6.86. The summed E-state index contributed by atoms with van der Waals surface area (Å²) < 4.78 is 1.08. The van der Waals surface area contributed by atoms with Gasteiger partial charge in [0.15, 0.2) is 5.82 Å². The molecule has 0 N–H and O–H groups in total. The van der Waals surface area contributed by atoms with Crippen molar-refractivity contribution < 1.29 is 0 Å². The molecule has 3 heteroatoms. The molecule has 176 valence electrons. The summed E-state index contributed by atoms with van der Waals surface area (Å²) in [5.41, 5.74) is 9.62. The molecule has 0 amide bonds. The van der Waals surface area contributed by atoms with Crippen LogP contribution in [0, 0.1) is 0 Å². The van der Waals surface area contributed by atoms with Gasteiger partial charge in [0.25, 0.3) is 0 Å². The van der Waals surface area contributed by atoms with Gasteiger partial charge in [-0.25, -0.2) is 9.97 Å². The van der Waals surface area contributed by atoms with Gasteiger partial charge < -0.3 is 0 Å². The van der Waals surface area contributed by atoms with Crippen molar-refractivity contribution in [3.8, 4) is 56.2 Å². The predicted molar refractivity (Wildman–Crippen MR) is 157 cm³/mol. The molecule has 0 spiro atoms. The maximum absolute atomic E-state index is 4.98. The van der Waals surface area contributed by atoms with Gasteiger partial charge in [0, 0.05) is 21.2 Å². The largest absolute Gasteiger partial charge is 0.228 e. The standard InChI is InChI=1S/C34H23BrN2/c35-31-16-8-14-29(22-31)25-19-17-24(18-20-25)28-13-7-15-30(21-28)34-36-32(26-9-3-1-4-10-26)23-33(37-34)27-11-5-2-6-12-27/h1-23H. The Morgan fingerprint density at radius 2 is 0.811 bits per heavy atom. The summed E-state index contributed by atoms with van der Waals surface area (Å²) in [6.07, 6.45) is 0. The van der Waals surface area contributed by atoms with Gasteiger partial charge >= 0.3 is 0 Å². The highest BCUT2D eigenvalue weighted by Gasteiger charge is 2.11. The summed E-state index contributed by atoms with van der Waals surface area (Å²) in [4.78, 5) is 9.96. The minimum atomic E-state index is 0.716. The molecule has 6 aromatic rings. The highest BCUT2D eigenvalue weighted by Crippen LogP contribution is 2.31. The van der Waals surface area contributed by atoms with E-state index >= 15 is 0 Å². The third kappa shape index (κ3) is 5.13. The Bertz CT molecular complexity index is 1600. The molecule has 0 aliphatic heterocycles. The van der Waals surface area contributed by atoms with Crippen molar-refractivity contribution in [1.29, 1.82) is 0 Å². The van der Waals surface area contributed by atoms with Crippen molar-refractivity contribution in [3.63, 3.8) is 0 Å². The normalized spacial score (nSPS) is 10.8. The molecule has 0 radical (unpaired) electrons. The van der Waals surface area contributed by atoms with Gasteiger partial charge in [-0.3, -0.25) is 0 Å². The number of benzene rings is 5. The zero-order valence-electron chi connectivity index (χ0n) is 20.1. The first-order valence-corrected chi connectivity index (χ1v) is 13.0. The monoisotopic (exact) mass is 538 g/mol. The van der Waals surface area contributed by atoms with Crippen LogP contribution in [-0.2, 0) is 0 Å². The molecule has 1 heterocycles. The van der Waals surface area contributed by atoms with Crippen molar-refractivity contribution >= 4 is 15.9 Å². The highest BCUT2D eigenvalue weighted by molar-refractivity contribution is 9.10. The average molecular weight is 539 g/mol. The van der Waals surface area contributed by atoms with E-state index in [0.29, 0.717) is 5.82 Å². The Morgan fingerprint density at radius 3 is 1.35 bits per heavy atom. The summed E-state index contributed by atoms with van der Waals surface area (Å²) in [7, 11) is 0. The lowest BCUT2D eigenvalue weighted by Gasteiger charge is -2.11. The van der Waals surface area contributed by atoms with E-state index in [9.17, 15) is 0 Å². The van der Waals surface area contributed by atoms with Crippen LogP contribution in [0.3, 0.4) is 0 Å². The second-order valence-electron chi connectivity index (χ2n) is 8.86. The van der Waals surface area contributed by atoms with Crippen molar-refractivity contribution in [2.45, 2.75) is 0 Å². The lowest BCUT2D eigenvalue weighted by Crippen LogP contribution is -1.96. The molecule has 5 aromatic carbocycles.